The van der Waals surface area contributed by atoms with Crippen molar-refractivity contribution in [1.29, 1.82) is 0 Å². The third-order valence-electron chi connectivity index (χ3n) is 4.84. The lowest BCUT2D eigenvalue weighted by atomic mass is 10.0. The molecule has 0 N–H and O–H groups in total. The van der Waals surface area contributed by atoms with Gasteiger partial charge in [-0.3, -0.25) is 4.90 Å². The van der Waals surface area contributed by atoms with Crippen molar-refractivity contribution in [3.05, 3.63) is 65.0 Å². The second-order valence-corrected chi connectivity index (χ2v) is 8.62. The fraction of sp³-hybridized carbons (Fsp3) is 0.368. The quantitative estimate of drug-likeness (QED) is 0.842. The molecule has 25 heavy (non-hydrogen) atoms. The lowest BCUT2D eigenvalue weighted by molar-refractivity contribution is 0.148. The van der Waals surface area contributed by atoms with Gasteiger partial charge in [0.25, 0.3) is 0 Å². The van der Waals surface area contributed by atoms with Gasteiger partial charge < -0.3 is 0 Å². The number of halogens is 1. The standard InChI is InChI=1S/C19H23FN2O2S/c1-14-4-6-16(7-5-14)19-13-22(11-10-21(19)3)25(23,24)17-8-9-18(20)15(2)12-17/h4-9,12,19H,10-11,13H2,1-3H3. The fourth-order valence-corrected chi connectivity index (χ4v) is 4.67. The van der Waals surface area contributed by atoms with Crippen LogP contribution in [0.5, 0.6) is 0 Å². The van der Waals surface area contributed by atoms with Gasteiger partial charge >= 0.3 is 0 Å². The Balaban J connectivity index is 1.89. The van der Waals surface area contributed by atoms with E-state index >= 15 is 0 Å². The first-order valence-corrected chi connectivity index (χ1v) is 9.76. The van der Waals surface area contributed by atoms with Crippen molar-refractivity contribution in [2.24, 2.45) is 0 Å². The number of likely N-dealkylation sites (N-methyl/N-ethyl adjacent to an activating group) is 1. The van der Waals surface area contributed by atoms with Crippen molar-refractivity contribution in [3.8, 4) is 0 Å². The molecule has 0 radical (unpaired) electrons. The Hall–Kier alpha value is -1.76. The minimum Gasteiger partial charge on any atom is -0.297 e. The van der Waals surface area contributed by atoms with Crippen molar-refractivity contribution >= 4 is 10.0 Å². The number of aryl methyl sites for hydroxylation is 2. The van der Waals surface area contributed by atoms with Crippen LogP contribution in [0.3, 0.4) is 0 Å². The van der Waals surface area contributed by atoms with Gasteiger partial charge in [0.1, 0.15) is 5.82 Å². The van der Waals surface area contributed by atoms with Crippen LogP contribution in [0.25, 0.3) is 0 Å². The molecule has 0 amide bonds. The van der Waals surface area contributed by atoms with Crippen LogP contribution in [-0.4, -0.2) is 44.3 Å². The molecule has 1 atom stereocenters. The molecule has 4 nitrogen and oxygen atoms in total. The van der Waals surface area contributed by atoms with Gasteiger partial charge in [0.2, 0.25) is 10.0 Å². The van der Waals surface area contributed by atoms with Crippen molar-refractivity contribution in [3.63, 3.8) is 0 Å². The Kier molecular flexibility index (Phi) is 4.95. The summed E-state index contributed by atoms with van der Waals surface area (Å²) in [5.41, 5.74) is 2.61. The summed E-state index contributed by atoms with van der Waals surface area (Å²) < 4.78 is 40.9. The van der Waals surface area contributed by atoms with Crippen LogP contribution in [0.2, 0.25) is 0 Å². The van der Waals surface area contributed by atoms with Gasteiger partial charge in [-0.2, -0.15) is 4.31 Å². The van der Waals surface area contributed by atoms with E-state index in [0.29, 0.717) is 25.2 Å². The van der Waals surface area contributed by atoms with Crippen LogP contribution in [0.15, 0.2) is 47.4 Å². The second kappa shape index (κ2) is 6.86. The Morgan fingerprint density at radius 3 is 2.36 bits per heavy atom. The van der Waals surface area contributed by atoms with E-state index in [1.807, 2.05) is 26.1 Å². The van der Waals surface area contributed by atoms with E-state index in [1.165, 1.54) is 28.1 Å². The van der Waals surface area contributed by atoms with Gasteiger partial charge in [-0.25, -0.2) is 12.8 Å². The van der Waals surface area contributed by atoms with Crippen LogP contribution in [-0.2, 0) is 10.0 Å². The van der Waals surface area contributed by atoms with Crippen molar-refractivity contribution < 1.29 is 12.8 Å². The summed E-state index contributed by atoms with van der Waals surface area (Å²) in [5, 5.41) is 0. The average Bonchev–Trinajstić information content (AvgIpc) is 2.58. The fourth-order valence-electron chi connectivity index (χ4n) is 3.14. The van der Waals surface area contributed by atoms with E-state index in [0.717, 1.165) is 5.56 Å². The zero-order valence-corrected chi connectivity index (χ0v) is 15.6. The smallest absolute Gasteiger partial charge is 0.243 e. The maximum Gasteiger partial charge on any atom is 0.243 e. The molecule has 1 aliphatic heterocycles. The molecule has 0 spiro atoms. The van der Waals surface area contributed by atoms with Crippen LogP contribution in [0.1, 0.15) is 22.7 Å². The van der Waals surface area contributed by atoms with Gasteiger partial charge in [0.05, 0.1) is 4.90 Å². The Bertz CT molecular complexity index is 865. The second-order valence-electron chi connectivity index (χ2n) is 6.68. The van der Waals surface area contributed by atoms with Gasteiger partial charge in [-0.05, 0) is 50.2 Å². The number of nitrogens with zero attached hydrogens (tertiary/aromatic N) is 2. The summed E-state index contributed by atoms with van der Waals surface area (Å²) in [4.78, 5) is 2.32. The van der Waals surface area contributed by atoms with Gasteiger partial charge in [0, 0.05) is 25.7 Å². The van der Waals surface area contributed by atoms with E-state index in [2.05, 4.69) is 17.0 Å². The van der Waals surface area contributed by atoms with Crippen LogP contribution in [0, 0.1) is 19.7 Å². The minimum absolute atomic E-state index is 0.00525. The summed E-state index contributed by atoms with van der Waals surface area (Å²) in [5.74, 6) is -0.394. The van der Waals surface area contributed by atoms with E-state index < -0.39 is 15.8 Å². The maximum atomic E-state index is 13.5. The molecule has 6 heteroatoms. The largest absolute Gasteiger partial charge is 0.297 e. The molecule has 1 aliphatic rings. The molecule has 0 aliphatic carbocycles. The maximum absolute atomic E-state index is 13.5. The average molecular weight is 362 g/mol. The molecule has 1 unspecified atom stereocenters. The Morgan fingerprint density at radius 1 is 1.04 bits per heavy atom. The molecule has 1 fully saturated rings. The Morgan fingerprint density at radius 2 is 1.72 bits per heavy atom. The van der Waals surface area contributed by atoms with E-state index in [9.17, 15) is 12.8 Å². The highest BCUT2D eigenvalue weighted by Crippen LogP contribution is 2.28. The highest BCUT2D eigenvalue weighted by Gasteiger charge is 2.33. The Labute approximate surface area is 148 Å². The highest BCUT2D eigenvalue weighted by atomic mass is 32.2. The summed E-state index contributed by atoms with van der Waals surface area (Å²) in [7, 11) is -1.62. The summed E-state index contributed by atoms with van der Waals surface area (Å²) in [6.45, 7) is 5.07. The van der Waals surface area contributed by atoms with Crippen molar-refractivity contribution in [2.45, 2.75) is 24.8 Å². The first-order chi connectivity index (χ1) is 11.8. The number of sulfonamides is 1. The molecular formula is C19H23FN2O2S. The van der Waals surface area contributed by atoms with Gasteiger partial charge in [-0.15, -0.1) is 0 Å². The summed E-state index contributed by atoms with van der Waals surface area (Å²) >= 11 is 0. The normalized spacial score (nSPS) is 19.9. The SMILES string of the molecule is Cc1ccc(C2CN(S(=O)(=O)c3ccc(F)c(C)c3)CCN2C)cc1. The van der Waals surface area contributed by atoms with Crippen molar-refractivity contribution in [1.82, 2.24) is 9.21 Å². The van der Waals surface area contributed by atoms with Crippen LogP contribution in [0.4, 0.5) is 4.39 Å². The topological polar surface area (TPSA) is 40.6 Å². The molecule has 1 saturated heterocycles. The van der Waals surface area contributed by atoms with Gasteiger partial charge in [-0.1, -0.05) is 29.8 Å². The molecule has 3 rings (SSSR count). The van der Waals surface area contributed by atoms with E-state index in [1.54, 1.807) is 6.92 Å². The third-order valence-corrected chi connectivity index (χ3v) is 6.70. The molecule has 0 bridgehead atoms. The number of rotatable bonds is 3. The zero-order valence-electron chi connectivity index (χ0n) is 14.7. The van der Waals surface area contributed by atoms with E-state index in [-0.39, 0.29) is 10.9 Å². The minimum atomic E-state index is -3.63. The highest BCUT2D eigenvalue weighted by molar-refractivity contribution is 7.89. The molecular weight excluding hydrogens is 339 g/mol. The summed E-state index contributed by atoms with van der Waals surface area (Å²) in [6.07, 6.45) is 0. The number of benzene rings is 2. The molecule has 1 heterocycles. The van der Waals surface area contributed by atoms with Gasteiger partial charge in [0.15, 0.2) is 0 Å². The molecule has 0 saturated carbocycles. The zero-order chi connectivity index (χ0) is 18.2. The molecule has 0 aromatic heterocycles. The predicted molar refractivity (Wildman–Crippen MR) is 96.4 cm³/mol. The first-order valence-electron chi connectivity index (χ1n) is 8.32. The van der Waals surface area contributed by atoms with Crippen LogP contribution < -0.4 is 0 Å². The van der Waals surface area contributed by atoms with Crippen molar-refractivity contribution in [2.75, 3.05) is 26.7 Å². The number of piperazine rings is 1. The monoisotopic (exact) mass is 362 g/mol. The third kappa shape index (κ3) is 3.61. The van der Waals surface area contributed by atoms with E-state index in [4.69, 9.17) is 0 Å². The lowest BCUT2D eigenvalue weighted by Crippen LogP contribution is -2.48. The lowest BCUT2D eigenvalue weighted by Gasteiger charge is -2.39. The molecule has 134 valence electrons. The first kappa shape index (κ1) is 18.0. The predicted octanol–water partition coefficient (Wildman–Crippen LogP) is 3.12. The molecule has 2 aromatic carbocycles. The summed E-state index contributed by atoms with van der Waals surface area (Å²) in [6, 6.07) is 12.2. The number of hydrogen-bond donors (Lipinski definition) is 0. The van der Waals surface area contributed by atoms with Crippen LogP contribution >= 0.6 is 0 Å². The number of hydrogen-bond acceptors (Lipinski definition) is 3. The molecule has 2 aromatic rings.